The fourth-order valence-electron chi connectivity index (χ4n) is 2.36. The van der Waals surface area contributed by atoms with Gasteiger partial charge in [0, 0.05) is 13.1 Å². The van der Waals surface area contributed by atoms with Crippen LogP contribution < -0.4 is 5.32 Å². The molecule has 0 aliphatic rings. The Kier molecular flexibility index (Phi) is 6.99. The van der Waals surface area contributed by atoms with E-state index in [1.165, 1.54) is 24.1 Å². The minimum atomic E-state index is 0.761. The van der Waals surface area contributed by atoms with E-state index in [2.05, 4.69) is 55.4 Å². The van der Waals surface area contributed by atoms with Gasteiger partial charge in [0.1, 0.15) is 0 Å². The zero-order chi connectivity index (χ0) is 13.4. The quantitative estimate of drug-likeness (QED) is 0.761. The summed E-state index contributed by atoms with van der Waals surface area (Å²) in [6, 6.07) is 8.69. The van der Waals surface area contributed by atoms with Gasteiger partial charge >= 0.3 is 0 Å². The van der Waals surface area contributed by atoms with Crippen molar-refractivity contribution in [2.24, 2.45) is 5.92 Å². The third-order valence-electron chi connectivity index (χ3n) is 3.66. The van der Waals surface area contributed by atoms with E-state index < -0.39 is 0 Å². The average molecular weight is 248 g/mol. The van der Waals surface area contributed by atoms with Crippen molar-refractivity contribution in [3.05, 3.63) is 35.4 Å². The zero-order valence-electron chi connectivity index (χ0n) is 12.4. The number of hydrogen-bond donors (Lipinski definition) is 1. The van der Waals surface area contributed by atoms with Crippen LogP contribution in [0.2, 0.25) is 0 Å². The molecule has 18 heavy (non-hydrogen) atoms. The second-order valence-corrected chi connectivity index (χ2v) is 5.27. The SMILES string of the molecule is CCC(CNC)CN(C)CCc1ccccc1C. The normalized spacial score (nSPS) is 12.9. The van der Waals surface area contributed by atoms with Gasteiger partial charge in [0.2, 0.25) is 0 Å². The fraction of sp³-hybridized carbons (Fsp3) is 0.625. The first-order valence-electron chi connectivity index (χ1n) is 7.05. The monoisotopic (exact) mass is 248 g/mol. The molecule has 1 atom stereocenters. The van der Waals surface area contributed by atoms with Gasteiger partial charge in [-0.2, -0.15) is 0 Å². The lowest BCUT2D eigenvalue weighted by molar-refractivity contribution is 0.271. The summed E-state index contributed by atoms with van der Waals surface area (Å²) < 4.78 is 0. The van der Waals surface area contributed by atoms with E-state index in [4.69, 9.17) is 0 Å². The molecule has 1 N–H and O–H groups in total. The van der Waals surface area contributed by atoms with Crippen molar-refractivity contribution in [2.75, 3.05) is 33.7 Å². The molecule has 0 spiro atoms. The molecule has 0 heterocycles. The molecule has 1 rings (SSSR count). The van der Waals surface area contributed by atoms with Gasteiger partial charge < -0.3 is 10.2 Å². The Labute approximate surface area is 112 Å². The van der Waals surface area contributed by atoms with Crippen molar-refractivity contribution in [3.63, 3.8) is 0 Å². The van der Waals surface area contributed by atoms with Crippen LogP contribution >= 0.6 is 0 Å². The summed E-state index contributed by atoms with van der Waals surface area (Å²) in [5.74, 6) is 0.761. The molecule has 1 aromatic rings. The van der Waals surface area contributed by atoms with E-state index in [0.717, 1.165) is 25.4 Å². The van der Waals surface area contributed by atoms with Crippen LogP contribution in [0.1, 0.15) is 24.5 Å². The van der Waals surface area contributed by atoms with Crippen LogP contribution in [0.5, 0.6) is 0 Å². The first kappa shape index (κ1) is 15.2. The lowest BCUT2D eigenvalue weighted by Gasteiger charge is -2.23. The van der Waals surface area contributed by atoms with Crippen molar-refractivity contribution >= 4 is 0 Å². The molecule has 0 amide bonds. The summed E-state index contributed by atoms with van der Waals surface area (Å²) in [6.45, 7) is 7.92. The van der Waals surface area contributed by atoms with Crippen LogP contribution in [0, 0.1) is 12.8 Å². The van der Waals surface area contributed by atoms with E-state index in [0.29, 0.717) is 0 Å². The Bertz CT molecular complexity index is 336. The maximum atomic E-state index is 3.28. The largest absolute Gasteiger partial charge is 0.319 e. The zero-order valence-corrected chi connectivity index (χ0v) is 12.4. The van der Waals surface area contributed by atoms with Crippen LogP contribution in [0.25, 0.3) is 0 Å². The molecule has 2 nitrogen and oxygen atoms in total. The standard InChI is InChI=1S/C16H28N2/c1-5-15(12-17-3)13-18(4)11-10-16-9-7-6-8-14(16)2/h6-9,15,17H,5,10-13H2,1-4H3. The molecule has 1 aromatic carbocycles. The Balaban J connectivity index is 2.36. The summed E-state index contributed by atoms with van der Waals surface area (Å²) in [4.78, 5) is 2.46. The van der Waals surface area contributed by atoms with Crippen LogP contribution in [0.4, 0.5) is 0 Å². The van der Waals surface area contributed by atoms with Crippen LogP contribution in [-0.4, -0.2) is 38.6 Å². The highest BCUT2D eigenvalue weighted by molar-refractivity contribution is 5.25. The maximum absolute atomic E-state index is 3.28. The van der Waals surface area contributed by atoms with E-state index >= 15 is 0 Å². The highest BCUT2D eigenvalue weighted by atomic mass is 15.1. The Hall–Kier alpha value is -0.860. The fourth-order valence-corrected chi connectivity index (χ4v) is 2.36. The number of aryl methyl sites for hydroxylation is 1. The highest BCUT2D eigenvalue weighted by Crippen LogP contribution is 2.09. The van der Waals surface area contributed by atoms with Crippen LogP contribution in [-0.2, 0) is 6.42 Å². The minimum absolute atomic E-state index is 0.761. The summed E-state index contributed by atoms with van der Waals surface area (Å²) in [5, 5.41) is 3.28. The smallest absolute Gasteiger partial charge is 0.00190 e. The van der Waals surface area contributed by atoms with Gasteiger partial charge in [-0.15, -0.1) is 0 Å². The Morgan fingerprint density at radius 2 is 2.00 bits per heavy atom. The van der Waals surface area contributed by atoms with Gasteiger partial charge in [-0.3, -0.25) is 0 Å². The molecular weight excluding hydrogens is 220 g/mol. The number of likely N-dealkylation sites (N-methyl/N-ethyl adjacent to an activating group) is 1. The molecule has 0 aliphatic carbocycles. The van der Waals surface area contributed by atoms with Crippen molar-refractivity contribution in [3.8, 4) is 0 Å². The van der Waals surface area contributed by atoms with Gasteiger partial charge in [0.15, 0.2) is 0 Å². The van der Waals surface area contributed by atoms with Gasteiger partial charge in [0.05, 0.1) is 0 Å². The van der Waals surface area contributed by atoms with E-state index in [9.17, 15) is 0 Å². The molecule has 0 aliphatic heterocycles. The topological polar surface area (TPSA) is 15.3 Å². The number of hydrogen-bond acceptors (Lipinski definition) is 2. The molecular formula is C16H28N2. The predicted molar refractivity (Wildman–Crippen MR) is 80.1 cm³/mol. The van der Waals surface area contributed by atoms with Gasteiger partial charge in [0.25, 0.3) is 0 Å². The molecule has 0 saturated carbocycles. The van der Waals surface area contributed by atoms with Crippen LogP contribution in [0.3, 0.4) is 0 Å². The van der Waals surface area contributed by atoms with E-state index in [-0.39, 0.29) is 0 Å². The molecule has 2 heteroatoms. The summed E-state index contributed by atoms with van der Waals surface area (Å²) >= 11 is 0. The first-order valence-corrected chi connectivity index (χ1v) is 7.05. The third-order valence-corrected chi connectivity index (χ3v) is 3.66. The van der Waals surface area contributed by atoms with Crippen molar-refractivity contribution in [2.45, 2.75) is 26.7 Å². The molecule has 102 valence electrons. The molecule has 0 fully saturated rings. The van der Waals surface area contributed by atoms with Gasteiger partial charge in [-0.05, 0) is 51.0 Å². The molecule has 0 bridgehead atoms. The van der Waals surface area contributed by atoms with Crippen LogP contribution in [0.15, 0.2) is 24.3 Å². The van der Waals surface area contributed by atoms with Gasteiger partial charge in [-0.25, -0.2) is 0 Å². The second kappa shape index (κ2) is 8.28. The summed E-state index contributed by atoms with van der Waals surface area (Å²) in [6.07, 6.45) is 2.40. The molecule has 0 aromatic heterocycles. The number of benzene rings is 1. The number of nitrogens with one attached hydrogen (secondary N) is 1. The lowest BCUT2D eigenvalue weighted by atomic mass is 10.0. The first-order chi connectivity index (χ1) is 8.67. The Morgan fingerprint density at radius 1 is 1.28 bits per heavy atom. The number of rotatable bonds is 8. The van der Waals surface area contributed by atoms with Crippen molar-refractivity contribution < 1.29 is 0 Å². The summed E-state index contributed by atoms with van der Waals surface area (Å²) in [5.41, 5.74) is 2.89. The highest BCUT2D eigenvalue weighted by Gasteiger charge is 2.09. The Morgan fingerprint density at radius 3 is 2.61 bits per heavy atom. The van der Waals surface area contributed by atoms with Crippen molar-refractivity contribution in [1.29, 1.82) is 0 Å². The van der Waals surface area contributed by atoms with E-state index in [1.54, 1.807) is 0 Å². The summed E-state index contributed by atoms with van der Waals surface area (Å²) in [7, 11) is 4.27. The van der Waals surface area contributed by atoms with Crippen molar-refractivity contribution in [1.82, 2.24) is 10.2 Å². The lowest BCUT2D eigenvalue weighted by Crippen LogP contribution is -2.32. The van der Waals surface area contributed by atoms with Gasteiger partial charge in [-0.1, -0.05) is 37.6 Å². The predicted octanol–water partition coefficient (Wildman–Crippen LogP) is 2.71. The number of nitrogens with zero attached hydrogens (tertiary/aromatic N) is 1. The second-order valence-electron chi connectivity index (χ2n) is 5.27. The maximum Gasteiger partial charge on any atom is 0.00190 e. The molecule has 0 saturated heterocycles. The average Bonchev–Trinajstić information content (AvgIpc) is 2.37. The molecule has 0 radical (unpaired) electrons. The molecule has 1 unspecified atom stereocenters. The third kappa shape index (κ3) is 5.19. The van der Waals surface area contributed by atoms with E-state index in [1.807, 2.05) is 7.05 Å². The minimum Gasteiger partial charge on any atom is -0.319 e.